The van der Waals surface area contributed by atoms with E-state index in [0.717, 1.165) is 48.2 Å². The molecule has 140 valence electrons. The molecule has 1 amide bonds. The fourth-order valence-corrected chi connectivity index (χ4v) is 5.99. The molecule has 0 saturated carbocycles. The zero-order valence-electron chi connectivity index (χ0n) is 15.0. The number of thiophene rings is 1. The van der Waals surface area contributed by atoms with Gasteiger partial charge in [0.15, 0.2) is 5.76 Å². The molecule has 4 heterocycles. The zero-order valence-corrected chi connectivity index (χ0v) is 16.7. The number of fused-ring (bicyclic) bond motifs is 3. The second-order valence-electron chi connectivity index (χ2n) is 7.30. The van der Waals surface area contributed by atoms with Gasteiger partial charge in [0.25, 0.3) is 5.91 Å². The summed E-state index contributed by atoms with van der Waals surface area (Å²) in [6.07, 6.45) is 3.43. The molecule has 2 aromatic heterocycles. The predicted octanol–water partition coefficient (Wildman–Crippen LogP) is 4.75. The lowest BCUT2D eigenvalue weighted by Gasteiger charge is -2.23. The van der Waals surface area contributed by atoms with Crippen LogP contribution >= 0.6 is 23.1 Å². The molecule has 0 aliphatic carbocycles. The smallest absolute Gasteiger partial charge is 0.289 e. The number of carbonyl (C=O) groups is 1. The van der Waals surface area contributed by atoms with Crippen LogP contribution in [-0.4, -0.2) is 36.0 Å². The number of amides is 1. The van der Waals surface area contributed by atoms with Crippen LogP contribution in [0.4, 0.5) is 0 Å². The van der Waals surface area contributed by atoms with Crippen LogP contribution in [0.3, 0.4) is 0 Å². The van der Waals surface area contributed by atoms with Gasteiger partial charge in [-0.2, -0.15) is 0 Å². The Hall–Kier alpha value is -1.76. The minimum Gasteiger partial charge on any atom is -0.451 e. The molecule has 1 N–H and O–H groups in total. The third-order valence-electron chi connectivity index (χ3n) is 5.56. The van der Waals surface area contributed by atoms with Gasteiger partial charge in [0.1, 0.15) is 5.58 Å². The van der Waals surface area contributed by atoms with Gasteiger partial charge in [-0.3, -0.25) is 4.79 Å². The number of para-hydroxylation sites is 1. The van der Waals surface area contributed by atoms with Gasteiger partial charge in [0.2, 0.25) is 0 Å². The van der Waals surface area contributed by atoms with Crippen molar-refractivity contribution in [3.8, 4) is 0 Å². The van der Waals surface area contributed by atoms with E-state index in [4.69, 9.17) is 4.42 Å². The summed E-state index contributed by atoms with van der Waals surface area (Å²) in [5, 5.41) is 6.79. The Bertz CT molecular complexity index is 950. The quantitative estimate of drug-likeness (QED) is 0.644. The number of furan rings is 1. The molecule has 2 saturated heterocycles. The average Bonchev–Trinajstić information content (AvgIpc) is 3.38. The van der Waals surface area contributed by atoms with Crippen molar-refractivity contribution in [2.75, 3.05) is 13.1 Å². The minimum atomic E-state index is 0.0438. The van der Waals surface area contributed by atoms with Crippen LogP contribution in [0, 0.1) is 0 Å². The highest BCUT2D eigenvalue weighted by Crippen LogP contribution is 2.34. The van der Waals surface area contributed by atoms with E-state index in [1.54, 1.807) is 23.1 Å². The molecule has 6 heteroatoms. The third-order valence-corrected chi connectivity index (χ3v) is 7.71. The molecule has 2 fully saturated rings. The molecule has 1 aromatic carbocycles. The van der Waals surface area contributed by atoms with E-state index >= 15 is 0 Å². The van der Waals surface area contributed by atoms with Crippen molar-refractivity contribution in [3.05, 3.63) is 53.1 Å². The average molecular weight is 399 g/mol. The number of carbonyl (C=O) groups excluding carboxylic acids is 1. The Morgan fingerprint density at radius 2 is 2.07 bits per heavy atom. The first-order valence-corrected chi connectivity index (χ1v) is 11.4. The molecular weight excluding hydrogens is 376 g/mol. The maximum atomic E-state index is 13.4. The Balaban J connectivity index is 1.46. The summed E-state index contributed by atoms with van der Waals surface area (Å²) in [4.78, 5) is 15.4. The van der Waals surface area contributed by atoms with Gasteiger partial charge in [-0.1, -0.05) is 24.3 Å². The van der Waals surface area contributed by atoms with Crippen molar-refractivity contribution in [2.45, 2.75) is 41.3 Å². The van der Waals surface area contributed by atoms with Crippen LogP contribution in [0.15, 0.2) is 50.4 Å². The fourth-order valence-electron chi connectivity index (χ4n) is 4.17. The van der Waals surface area contributed by atoms with E-state index in [9.17, 15) is 4.79 Å². The summed E-state index contributed by atoms with van der Waals surface area (Å²) in [7, 11) is 0. The summed E-state index contributed by atoms with van der Waals surface area (Å²) >= 11 is 3.50. The van der Waals surface area contributed by atoms with Crippen molar-refractivity contribution in [2.24, 2.45) is 0 Å². The van der Waals surface area contributed by atoms with Crippen molar-refractivity contribution < 1.29 is 9.21 Å². The molecule has 27 heavy (non-hydrogen) atoms. The predicted molar refractivity (Wildman–Crippen MR) is 111 cm³/mol. The Morgan fingerprint density at radius 3 is 2.96 bits per heavy atom. The number of hydrogen-bond acceptors (Lipinski definition) is 5. The number of rotatable bonds is 4. The molecule has 5 rings (SSSR count). The van der Waals surface area contributed by atoms with Gasteiger partial charge in [-0.25, -0.2) is 0 Å². The highest BCUT2D eigenvalue weighted by Gasteiger charge is 2.33. The van der Waals surface area contributed by atoms with Crippen molar-refractivity contribution >= 4 is 40.0 Å². The first-order chi connectivity index (χ1) is 13.3. The molecule has 2 bridgehead atoms. The van der Waals surface area contributed by atoms with E-state index in [2.05, 4.69) is 28.9 Å². The minimum absolute atomic E-state index is 0.0438. The monoisotopic (exact) mass is 398 g/mol. The van der Waals surface area contributed by atoms with Crippen LogP contribution in [-0.2, 0) is 5.75 Å². The van der Waals surface area contributed by atoms with Gasteiger partial charge >= 0.3 is 0 Å². The van der Waals surface area contributed by atoms with Crippen LogP contribution in [0.25, 0.3) is 11.0 Å². The second-order valence-corrected chi connectivity index (χ2v) is 9.53. The van der Waals surface area contributed by atoms with Gasteiger partial charge in [0.05, 0.1) is 4.21 Å². The summed E-state index contributed by atoms with van der Waals surface area (Å²) in [5.74, 6) is 1.32. The van der Waals surface area contributed by atoms with Crippen molar-refractivity contribution in [3.63, 3.8) is 0 Å². The van der Waals surface area contributed by atoms with Crippen LogP contribution in [0.5, 0.6) is 0 Å². The molecule has 3 aromatic rings. The number of nitrogens with one attached hydrogen (secondary N) is 1. The highest BCUT2D eigenvalue weighted by atomic mass is 32.2. The van der Waals surface area contributed by atoms with Crippen LogP contribution < -0.4 is 5.32 Å². The summed E-state index contributed by atoms with van der Waals surface area (Å²) in [5.41, 5.74) is 1.83. The largest absolute Gasteiger partial charge is 0.451 e. The van der Waals surface area contributed by atoms with Gasteiger partial charge < -0.3 is 14.6 Å². The topological polar surface area (TPSA) is 45.5 Å². The van der Waals surface area contributed by atoms with Gasteiger partial charge in [-0.05, 0) is 36.8 Å². The maximum Gasteiger partial charge on any atom is 0.289 e. The first-order valence-electron chi connectivity index (χ1n) is 9.50. The molecular formula is C21H22N2O2S2. The van der Waals surface area contributed by atoms with Crippen LogP contribution in [0.2, 0.25) is 0 Å². The first kappa shape index (κ1) is 17.3. The van der Waals surface area contributed by atoms with E-state index in [1.165, 1.54) is 10.6 Å². The lowest BCUT2D eigenvalue weighted by Crippen LogP contribution is -2.39. The Morgan fingerprint density at radius 1 is 1.19 bits per heavy atom. The zero-order chi connectivity index (χ0) is 18.2. The van der Waals surface area contributed by atoms with Crippen molar-refractivity contribution in [1.82, 2.24) is 10.2 Å². The fraction of sp³-hybridized carbons (Fsp3) is 0.381. The number of benzene rings is 1. The summed E-state index contributed by atoms with van der Waals surface area (Å²) < 4.78 is 7.34. The summed E-state index contributed by atoms with van der Waals surface area (Å²) in [6, 6.07) is 13.2. The number of thioether (sulfide) groups is 1. The lowest BCUT2D eigenvalue weighted by molar-refractivity contribution is 0.0717. The van der Waals surface area contributed by atoms with Gasteiger partial charge in [0, 0.05) is 41.9 Å². The third kappa shape index (κ3) is 3.42. The van der Waals surface area contributed by atoms with E-state index in [1.807, 2.05) is 23.1 Å². The normalized spacial score (nSPS) is 22.3. The Kier molecular flexibility index (Phi) is 4.71. The SMILES string of the molecule is O=C(c1oc2ccccc2c1CSc1cccs1)N1CCC2CCC(C1)N2. The molecule has 2 aliphatic heterocycles. The lowest BCUT2D eigenvalue weighted by atomic mass is 10.1. The number of likely N-dealkylation sites (tertiary alicyclic amines) is 1. The van der Waals surface area contributed by atoms with E-state index in [0.29, 0.717) is 17.8 Å². The standard InChI is InChI=1S/C21H22N2O2S2/c24-21(23-10-9-14-7-8-15(12-23)22-14)20-17(13-27-19-6-3-11-26-19)16-4-1-2-5-18(16)25-20/h1-6,11,14-15,22H,7-10,12-13H2. The van der Waals surface area contributed by atoms with E-state index < -0.39 is 0 Å². The summed E-state index contributed by atoms with van der Waals surface area (Å²) in [6.45, 7) is 1.59. The molecule has 2 atom stereocenters. The molecule has 4 nitrogen and oxygen atoms in total. The molecule has 2 unspecified atom stereocenters. The highest BCUT2D eigenvalue weighted by molar-refractivity contribution is 8.00. The maximum absolute atomic E-state index is 13.4. The van der Waals surface area contributed by atoms with E-state index in [-0.39, 0.29) is 5.91 Å². The van der Waals surface area contributed by atoms with Crippen molar-refractivity contribution in [1.29, 1.82) is 0 Å². The second kappa shape index (κ2) is 7.34. The molecule has 0 spiro atoms. The molecule has 0 radical (unpaired) electrons. The van der Waals surface area contributed by atoms with Crippen LogP contribution in [0.1, 0.15) is 35.4 Å². The number of nitrogens with zero attached hydrogens (tertiary/aromatic N) is 1. The number of hydrogen-bond donors (Lipinski definition) is 1. The molecule has 2 aliphatic rings. The Labute approximate surface area is 166 Å². The van der Waals surface area contributed by atoms with Gasteiger partial charge in [-0.15, -0.1) is 23.1 Å².